The molecule has 1 heterocycles. The number of rotatable bonds is 3. The van der Waals surface area contributed by atoms with Crippen LogP contribution in [0.15, 0.2) is 27.7 Å². The van der Waals surface area contributed by atoms with E-state index in [2.05, 4.69) is 20.9 Å². The molecule has 2 rings (SSSR count). The molecule has 124 valence electrons. The van der Waals surface area contributed by atoms with Crippen LogP contribution < -0.4 is 4.80 Å². The zero-order valence-electron chi connectivity index (χ0n) is 13.6. The highest BCUT2D eigenvalue weighted by molar-refractivity contribution is 9.10. The van der Waals surface area contributed by atoms with Crippen molar-refractivity contribution in [2.24, 2.45) is 10.4 Å². The maximum atomic E-state index is 12.3. The molecule has 1 aromatic carbocycles. The minimum Gasteiger partial charge on any atom is -0.469 e. The van der Waals surface area contributed by atoms with Crippen LogP contribution in [-0.4, -0.2) is 23.6 Å². The number of fused-ring (bicyclic) bond motifs is 1. The first kappa shape index (κ1) is 17.9. The molecular formula is C16H19BrN2O3S. The Bertz CT molecular complexity index is 815. The number of amides is 1. The second-order valence-corrected chi connectivity index (χ2v) is 8.07. The summed E-state index contributed by atoms with van der Waals surface area (Å²) in [7, 11) is 1.37. The third kappa shape index (κ3) is 4.29. The van der Waals surface area contributed by atoms with Crippen LogP contribution in [0.3, 0.4) is 0 Å². The quantitative estimate of drug-likeness (QED) is 0.743. The van der Waals surface area contributed by atoms with Crippen molar-refractivity contribution in [1.82, 2.24) is 4.57 Å². The number of methoxy groups -OCH3 is 1. The van der Waals surface area contributed by atoms with E-state index in [1.807, 2.05) is 43.5 Å². The van der Waals surface area contributed by atoms with Gasteiger partial charge in [-0.1, -0.05) is 48.0 Å². The molecule has 2 aromatic rings. The molecule has 0 aliphatic carbocycles. The summed E-state index contributed by atoms with van der Waals surface area (Å²) in [5.41, 5.74) is 0.402. The molecule has 0 fully saturated rings. The molecule has 1 aromatic heterocycles. The molecule has 0 atom stereocenters. The van der Waals surface area contributed by atoms with Crippen molar-refractivity contribution in [3.05, 3.63) is 27.5 Å². The van der Waals surface area contributed by atoms with Crippen molar-refractivity contribution in [1.29, 1.82) is 0 Å². The molecule has 5 nitrogen and oxygen atoms in total. The Kier molecular flexibility index (Phi) is 5.41. The van der Waals surface area contributed by atoms with Crippen molar-refractivity contribution in [2.75, 3.05) is 7.11 Å². The van der Waals surface area contributed by atoms with E-state index >= 15 is 0 Å². The van der Waals surface area contributed by atoms with Crippen molar-refractivity contribution < 1.29 is 14.3 Å². The first-order chi connectivity index (χ1) is 10.7. The van der Waals surface area contributed by atoms with E-state index < -0.39 is 5.41 Å². The number of halogens is 1. The molecule has 0 unspecified atom stereocenters. The number of aromatic nitrogens is 1. The zero-order chi connectivity index (χ0) is 17.2. The average Bonchev–Trinajstić information content (AvgIpc) is 2.80. The number of nitrogens with zero attached hydrogens (tertiary/aromatic N) is 2. The van der Waals surface area contributed by atoms with E-state index in [0.717, 1.165) is 14.7 Å². The lowest BCUT2D eigenvalue weighted by Gasteiger charge is -2.12. The van der Waals surface area contributed by atoms with Gasteiger partial charge >= 0.3 is 5.97 Å². The maximum Gasteiger partial charge on any atom is 0.307 e. The number of ether oxygens (including phenoxy) is 1. The highest BCUT2D eigenvalue weighted by Crippen LogP contribution is 2.23. The van der Waals surface area contributed by atoms with Crippen molar-refractivity contribution in [3.63, 3.8) is 0 Å². The van der Waals surface area contributed by atoms with Crippen LogP contribution in [0, 0.1) is 5.41 Å². The van der Waals surface area contributed by atoms with Crippen LogP contribution in [-0.2, 0) is 20.9 Å². The standard InChI is InChI=1S/C16H19BrN2O3S/c1-16(2,3)14(21)18-15-19(8-7-13(20)22-4)11-6-5-10(17)9-12(11)23-15/h5-6,9H,7-8H2,1-4H3. The van der Waals surface area contributed by atoms with Gasteiger partial charge in [-0.05, 0) is 18.2 Å². The summed E-state index contributed by atoms with van der Waals surface area (Å²) in [6.45, 7) is 5.93. The summed E-state index contributed by atoms with van der Waals surface area (Å²) in [4.78, 5) is 28.6. The highest BCUT2D eigenvalue weighted by Gasteiger charge is 2.21. The molecule has 7 heteroatoms. The molecule has 0 saturated heterocycles. The van der Waals surface area contributed by atoms with Gasteiger partial charge in [0.2, 0.25) is 0 Å². The number of esters is 1. The largest absolute Gasteiger partial charge is 0.469 e. The number of hydrogen-bond donors (Lipinski definition) is 0. The Morgan fingerprint density at radius 3 is 2.65 bits per heavy atom. The first-order valence-corrected chi connectivity index (χ1v) is 8.78. The second-order valence-electron chi connectivity index (χ2n) is 6.14. The van der Waals surface area contributed by atoms with Gasteiger partial charge in [0.15, 0.2) is 4.80 Å². The monoisotopic (exact) mass is 398 g/mol. The van der Waals surface area contributed by atoms with Crippen LogP contribution in [0.4, 0.5) is 0 Å². The number of benzene rings is 1. The van der Waals surface area contributed by atoms with Crippen molar-refractivity contribution in [3.8, 4) is 0 Å². The van der Waals surface area contributed by atoms with E-state index in [-0.39, 0.29) is 18.3 Å². The van der Waals surface area contributed by atoms with E-state index in [0.29, 0.717) is 11.3 Å². The molecule has 1 amide bonds. The Hall–Kier alpha value is -1.47. The van der Waals surface area contributed by atoms with E-state index in [9.17, 15) is 9.59 Å². The third-order valence-corrected chi connectivity index (χ3v) is 4.79. The zero-order valence-corrected chi connectivity index (χ0v) is 16.0. The average molecular weight is 399 g/mol. The lowest BCUT2D eigenvalue weighted by Crippen LogP contribution is -2.24. The van der Waals surface area contributed by atoms with Crippen LogP contribution in [0.25, 0.3) is 10.2 Å². The summed E-state index contributed by atoms with van der Waals surface area (Å²) in [5, 5.41) is 0. The first-order valence-electron chi connectivity index (χ1n) is 7.17. The second kappa shape index (κ2) is 6.97. The SMILES string of the molecule is COC(=O)CCn1c(=NC(=O)C(C)(C)C)sc2cc(Br)ccc21. The third-order valence-electron chi connectivity index (χ3n) is 3.25. The van der Waals surface area contributed by atoms with Gasteiger partial charge in [-0.3, -0.25) is 9.59 Å². The predicted molar refractivity (Wildman–Crippen MR) is 94.2 cm³/mol. The molecule has 0 aliphatic heterocycles. The summed E-state index contributed by atoms with van der Waals surface area (Å²) in [5.74, 6) is -0.475. The number of hydrogen-bond acceptors (Lipinski definition) is 4. The number of carbonyl (C=O) groups is 2. The predicted octanol–water partition coefficient (Wildman–Crippen LogP) is 3.50. The number of thiazole rings is 1. The van der Waals surface area contributed by atoms with Crippen molar-refractivity contribution >= 4 is 49.4 Å². The van der Waals surface area contributed by atoms with Crippen molar-refractivity contribution in [2.45, 2.75) is 33.7 Å². The van der Waals surface area contributed by atoms with Gasteiger partial charge in [0, 0.05) is 16.4 Å². The minimum absolute atomic E-state index is 0.185. The Labute approximate surface area is 147 Å². The lowest BCUT2D eigenvalue weighted by atomic mass is 9.96. The Morgan fingerprint density at radius 1 is 1.35 bits per heavy atom. The molecular weight excluding hydrogens is 380 g/mol. The molecule has 0 saturated carbocycles. The normalized spacial score (nSPS) is 12.7. The fourth-order valence-electron chi connectivity index (χ4n) is 1.91. The van der Waals surface area contributed by atoms with E-state index in [1.54, 1.807) is 0 Å². The molecule has 0 N–H and O–H groups in total. The van der Waals surface area contributed by atoms with Gasteiger partial charge in [0.05, 0.1) is 23.7 Å². The van der Waals surface area contributed by atoms with Gasteiger partial charge in [0.1, 0.15) is 0 Å². The molecule has 0 radical (unpaired) electrons. The Balaban J connectivity index is 2.55. The van der Waals surface area contributed by atoms with Gasteiger partial charge < -0.3 is 9.30 Å². The molecule has 23 heavy (non-hydrogen) atoms. The smallest absolute Gasteiger partial charge is 0.307 e. The fraction of sp³-hybridized carbons (Fsp3) is 0.438. The summed E-state index contributed by atoms with van der Waals surface area (Å²) in [6, 6.07) is 5.86. The van der Waals surface area contributed by atoms with E-state index in [4.69, 9.17) is 4.74 Å². The summed E-state index contributed by atoms with van der Waals surface area (Å²) < 4.78 is 8.56. The van der Waals surface area contributed by atoms with E-state index in [1.165, 1.54) is 18.4 Å². The van der Waals surface area contributed by atoms with Gasteiger partial charge in [0.25, 0.3) is 5.91 Å². The van der Waals surface area contributed by atoms with Crippen LogP contribution in [0.5, 0.6) is 0 Å². The number of carbonyl (C=O) groups excluding carboxylic acids is 2. The van der Waals surface area contributed by atoms with Crippen LogP contribution in [0.2, 0.25) is 0 Å². The molecule has 0 aliphatic rings. The fourth-order valence-corrected chi connectivity index (χ4v) is 3.51. The molecule has 0 spiro atoms. The van der Waals surface area contributed by atoms with Gasteiger partial charge in [-0.2, -0.15) is 4.99 Å². The maximum absolute atomic E-state index is 12.3. The summed E-state index contributed by atoms with van der Waals surface area (Å²) >= 11 is 4.88. The highest BCUT2D eigenvalue weighted by atomic mass is 79.9. The summed E-state index contributed by atoms with van der Waals surface area (Å²) in [6.07, 6.45) is 0.231. The van der Waals surface area contributed by atoms with Crippen LogP contribution >= 0.6 is 27.3 Å². The van der Waals surface area contributed by atoms with Gasteiger partial charge in [-0.25, -0.2) is 0 Å². The Morgan fingerprint density at radius 2 is 2.04 bits per heavy atom. The molecule has 0 bridgehead atoms. The number of aryl methyl sites for hydroxylation is 1. The van der Waals surface area contributed by atoms with Crippen LogP contribution in [0.1, 0.15) is 27.2 Å². The van der Waals surface area contributed by atoms with Gasteiger partial charge in [-0.15, -0.1) is 0 Å². The minimum atomic E-state index is -0.545. The lowest BCUT2D eigenvalue weighted by molar-refractivity contribution is -0.140. The topological polar surface area (TPSA) is 60.7 Å².